The predicted molar refractivity (Wildman–Crippen MR) is 125 cm³/mol. The van der Waals surface area contributed by atoms with E-state index in [-0.39, 0.29) is 65.4 Å². The van der Waals surface area contributed by atoms with E-state index in [1.165, 1.54) is 44.5 Å². The molecule has 0 unspecified atom stereocenters. The van der Waals surface area contributed by atoms with Gasteiger partial charge in [-0.15, -0.1) is 28.8 Å². The Hall–Kier alpha value is -1.43. The number of benzene rings is 4. The zero-order valence-electron chi connectivity index (χ0n) is 17.8. The normalized spacial score (nSPS) is 11.2. The Morgan fingerprint density at radius 1 is 0.656 bits per heavy atom. The van der Waals surface area contributed by atoms with Crippen LogP contribution in [0.3, 0.4) is 0 Å². The molecule has 150 valence electrons. The van der Waals surface area contributed by atoms with Gasteiger partial charge in [-0.2, -0.15) is 11.6 Å². The molecule has 0 fully saturated rings. The molecule has 0 atom stereocenters. The summed E-state index contributed by atoms with van der Waals surface area (Å²) in [6, 6.07) is 31.7. The van der Waals surface area contributed by atoms with Gasteiger partial charge < -0.3 is 19.2 Å². The molecule has 0 aliphatic heterocycles. The average Bonchev–Trinajstić information content (AvgIpc) is 3.37. The number of hydrogen-bond donors (Lipinski definition) is 0. The van der Waals surface area contributed by atoms with E-state index in [2.05, 4.69) is 72.8 Å². The maximum atomic E-state index is 5.62. The second-order valence-electron chi connectivity index (χ2n) is 7.61. The summed E-state index contributed by atoms with van der Waals surface area (Å²) in [4.78, 5) is 0. The van der Waals surface area contributed by atoms with Gasteiger partial charge in [0.25, 0.3) is 0 Å². The summed E-state index contributed by atoms with van der Waals surface area (Å²) in [6.07, 6.45) is 5.27. The van der Waals surface area contributed by atoms with Crippen LogP contribution in [0.1, 0.15) is 33.4 Å². The molecule has 0 amide bonds. The van der Waals surface area contributed by atoms with Crippen LogP contribution in [0.15, 0.2) is 72.8 Å². The maximum absolute atomic E-state index is 5.62. The molecule has 0 saturated carbocycles. The van der Waals surface area contributed by atoms with Crippen LogP contribution < -0.4 is 0 Å². The predicted octanol–water partition coefficient (Wildman–Crippen LogP) is 7.00. The van der Waals surface area contributed by atoms with Crippen molar-refractivity contribution in [1.82, 2.24) is 0 Å². The minimum absolute atomic E-state index is 0. The van der Waals surface area contributed by atoms with E-state index >= 15 is 0 Å². The van der Waals surface area contributed by atoms with Crippen molar-refractivity contribution in [3.05, 3.63) is 131 Å². The first-order valence-corrected chi connectivity index (χ1v) is 10.1. The molecule has 2 radical (unpaired) electrons. The SMILES string of the molecule is [CH-]=Cc1[c-]c2c(cc1)Cc1ccccc1-2.[CH-]=Cc1[c-]ccc2c1-c1ccccc1C2.[Y].[Y]. The van der Waals surface area contributed by atoms with Crippen molar-refractivity contribution in [1.29, 1.82) is 0 Å². The summed E-state index contributed by atoms with van der Waals surface area (Å²) in [5.41, 5.74) is 12.5. The van der Waals surface area contributed by atoms with Gasteiger partial charge in [-0.3, -0.25) is 17.2 Å². The summed E-state index contributed by atoms with van der Waals surface area (Å²) < 4.78 is 0. The fraction of sp³-hybridized carbons (Fsp3) is 0.0667. The molecule has 2 aliphatic carbocycles. The van der Waals surface area contributed by atoms with Crippen molar-refractivity contribution in [3.63, 3.8) is 0 Å². The van der Waals surface area contributed by atoms with E-state index in [4.69, 9.17) is 13.2 Å². The van der Waals surface area contributed by atoms with E-state index in [0.29, 0.717) is 0 Å². The molecule has 0 aromatic heterocycles. The summed E-state index contributed by atoms with van der Waals surface area (Å²) in [5, 5.41) is 0. The molecule has 2 aliphatic rings. The zero-order valence-corrected chi connectivity index (χ0v) is 23.5. The zero-order chi connectivity index (χ0) is 20.5. The third-order valence-electron chi connectivity index (χ3n) is 5.85. The summed E-state index contributed by atoms with van der Waals surface area (Å²) in [6.45, 7) is 11.1. The van der Waals surface area contributed by atoms with Gasteiger partial charge in [-0.05, 0) is 18.4 Å². The molecular weight excluding hydrogens is 538 g/mol. The Kier molecular flexibility index (Phi) is 8.76. The second-order valence-corrected chi connectivity index (χ2v) is 7.61. The van der Waals surface area contributed by atoms with Crippen molar-refractivity contribution in [3.8, 4) is 22.3 Å². The van der Waals surface area contributed by atoms with Crippen LogP contribution in [-0.4, -0.2) is 0 Å². The Morgan fingerprint density at radius 3 is 2.03 bits per heavy atom. The van der Waals surface area contributed by atoms with Crippen LogP contribution in [0.2, 0.25) is 0 Å². The van der Waals surface area contributed by atoms with E-state index in [1.807, 2.05) is 12.1 Å². The summed E-state index contributed by atoms with van der Waals surface area (Å²) in [7, 11) is 0. The van der Waals surface area contributed by atoms with Crippen LogP contribution in [0.5, 0.6) is 0 Å². The van der Waals surface area contributed by atoms with Crippen molar-refractivity contribution in [2.75, 3.05) is 0 Å². The minimum Gasteiger partial charge on any atom is -0.344 e. The smallest absolute Gasteiger partial charge is 0 e. The van der Waals surface area contributed by atoms with Crippen LogP contribution in [0.4, 0.5) is 0 Å². The van der Waals surface area contributed by atoms with Gasteiger partial charge in [0.15, 0.2) is 0 Å². The van der Waals surface area contributed by atoms with E-state index in [0.717, 1.165) is 24.0 Å². The van der Waals surface area contributed by atoms with Gasteiger partial charge in [0, 0.05) is 65.4 Å². The summed E-state index contributed by atoms with van der Waals surface area (Å²) in [5.74, 6) is 0. The molecular formula is C30H20Y2-4. The van der Waals surface area contributed by atoms with E-state index in [9.17, 15) is 0 Å². The fourth-order valence-corrected chi connectivity index (χ4v) is 4.43. The first kappa shape index (κ1) is 25.2. The molecule has 4 aromatic rings. The Bertz CT molecular complexity index is 1280. The molecule has 0 bridgehead atoms. The van der Waals surface area contributed by atoms with Gasteiger partial charge in [-0.1, -0.05) is 65.2 Å². The molecule has 0 N–H and O–H groups in total. The number of fused-ring (bicyclic) bond motifs is 6. The molecule has 6 rings (SSSR count). The van der Waals surface area contributed by atoms with Crippen molar-refractivity contribution >= 4 is 12.2 Å². The fourth-order valence-electron chi connectivity index (χ4n) is 4.43. The molecule has 4 aromatic carbocycles. The number of hydrogen-bond acceptors (Lipinski definition) is 0. The van der Waals surface area contributed by atoms with Crippen molar-refractivity contribution < 1.29 is 65.4 Å². The van der Waals surface area contributed by atoms with Gasteiger partial charge >= 0.3 is 0 Å². The van der Waals surface area contributed by atoms with Gasteiger partial charge in [0.1, 0.15) is 0 Å². The topological polar surface area (TPSA) is 0 Å². The quantitative estimate of drug-likeness (QED) is 0.201. The van der Waals surface area contributed by atoms with Crippen molar-refractivity contribution in [2.45, 2.75) is 12.8 Å². The third kappa shape index (κ3) is 4.76. The van der Waals surface area contributed by atoms with Gasteiger partial charge in [-0.25, -0.2) is 18.2 Å². The Morgan fingerprint density at radius 2 is 1.31 bits per heavy atom. The van der Waals surface area contributed by atoms with Crippen molar-refractivity contribution in [2.24, 2.45) is 0 Å². The van der Waals surface area contributed by atoms with Crippen LogP contribution in [0, 0.1) is 25.3 Å². The Balaban J connectivity index is 0.000000170. The molecule has 2 heteroatoms. The molecule has 0 heterocycles. The first-order valence-electron chi connectivity index (χ1n) is 10.1. The van der Waals surface area contributed by atoms with E-state index in [1.54, 1.807) is 12.2 Å². The minimum atomic E-state index is 0. The molecule has 0 nitrogen and oxygen atoms in total. The largest absolute Gasteiger partial charge is 0.344 e. The standard InChI is InChI=1S/2C15H10.2Y/c1-2-11-7-5-8-13-10-12-6-3-4-9-14(12)15(11)13;1-2-11-7-8-13-10-12-5-3-4-6-14(12)15(13)9-11;;/h1-6,8-9H,10H2;1-8H,10H2;;/q2*-2;;. The molecule has 0 spiro atoms. The first-order chi connectivity index (χ1) is 14.8. The van der Waals surface area contributed by atoms with Crippen LogP contribution in [0.25, 0.3) is 34.4 Å². The molecule has 32 heavy (non-hydrogen) atoms. The monoisotopic (exact) mass is 558 g/mol. The second kappa shape index (κ2) is 11.1. The third-order valence-corrected chi connectivity index (χ3v) is 5.85. The van der Waals surface area contributed by atoms with Crippen LogP contribution >= 0.6 is 0 Å². The van der Waals surface area contributed by atoms with Crippen LogP contribution in [-0.2, 0) is 78.3 Å². The summed E-state index contributed by atoms with van der Waals surface area (Å²) >= 11 is 0. The molecule has 0 saturated heterocycles. The van der Waals surface area contributed by atoms with Gasteiger partial charge in [0.05, 0.1) is 0 Å². The number of rotatable bonds is 2. The Labute approximate surface area is 241 Å². The maximum Gasteiger partial charge on any atom is 0 e. The van der Waals surface area contributed by atoms with E-state index < -0.39 is 0 Å². The van der Waals surface area contributed by atoms with Gasteiger partial charge in [0.2, 0.25) is 0 Å². The average molecular weight is 558 g/mol.